The summed E-state index contributed by atoms with van der Waals surface area (Å²) in [5.74, 6) is 1.21. The highest BCUT2D eigenvalue weighted by atomic mass is 32.1. The summed E-state index contributed by atoms with van der Waals surface area (Å²) in [7, 11) is 3.86. The van der Waals surface area contributed by atoms with Crippen molar-refractivity contribution >= 4 is 32.6 Å². The minimum absolute atomic E-state index is 0.124. The first-order valence-electron chi connectivity index (χ1n) is 11.0. The number of nitrogens with zero attached hydrogens (tertiary/aromatic N) is 4. The molecule has 0 aliphatic carbocycles. The molecule has 1 amide bonds. The van der Waals surface area contributed by atoms with E-state index in [2.05, 4.69) is 27.1 Å². The van der Waals surface area contributed by atoms with Crippen molar-refractivity contribution in [3.8, 4) is 5.75 Å². The number of carbonyl (C=O) groups is 1. The molecular formula is C22H33N5O2S. The Bertz CT molecular complexity index is 841. The molecule has 1 aromatic carbocycles. The van der Waals surface area contributed by atoms with E-state index >= 15 is 0 Å². The maximum absolute atomic E-state index is 12.6. The normalized spacial score (nSPS) is 19.3. The van der Waals surface area contributed by atoms with Crippen LogP contribution in [0.15, 0.2) is 18.2 Å². The Hall–Kier alpha value is -1.90. The number of amides is 1. The number of likely N-dealkylation sites (N-methyl/N-ethyl adjacent to an activating group) is 1. The molecule has 4 rings (SSSR count). The van der Waals surface area contributed by atoms with E-state index in [0.29, 0.717) is 0 Å². The molecule has 7 nitrogen and oxygen atoms in total. The molecule has 2 aliphatic rings. The number of hydrogen-bond donors (Lipinski definition) is 1. The fraction of sp³-hybridized carbons (Fsp3) is 0.636. The van der Waals surface area contributed by atoms with E-state index in [0.717, 1.165) is 92.7 Å². The number of aromatic nitrogens is 1. The van der Waals surface area contributed by atoms with Crippen LogP contribution in [0.3, 0.4) is 0 Å². The molecule has 0 atom stereocenters. The van der Waals surface area contributed by atoms with Crippen LogP contribution in [-0.2, 0) is 4.79 Å². The van der Waals surface area contributed by atoms with E-state index in [-0.39, 0.29) is 11.8 Å². The maximum atomic E-state index is 12.6. The van der Waals surface area contributed by atoms with Crippen LogP contribution in [0.2, 0.25) is 0 Å². The quantitative estimate of drug-likeness (QED) is 0.679. The van der Waals surface area contributed by atoms with Gasteiger partial charge in [-0.1, -0.05) is 11.3 Å². The van der Waals surface area contributed by atoms with E-state index in [4.69, 9.17) is 9.72 Å². The van der Waals surface area contributed by atoms with Gasteiger partial charge in [-0.25, -0.2) is 4.98 Å². The molecule has 164 valence electrons. The number of piperazine rings is 1. The van der Waals surface area contributed by atoms with Gasteiger partial charge in [-0.05, 0) is 51.1 Å². The average Bonchev–Trinajstić information content (AvgIpc) is 3.21. The molecular weight excluding hydrogens is 398 g/mol. The average molecular weight is 432 g/mol. The number of nitrogens with one attached hydrogen (secondary N) is 1. The lowest BCUT2D eigenvalue weighted by atomic mass is 9.96. The number of thiazole rings is 1. The first kappa shape index (κ1) is 21.3. The summed E-state index contributed by atoms with van der Waals surface area (Å²) in [4.78, 5) is 24.5. The molecule has 3 heterocycles. The van der Waals surface area contributed by atoms with Gasteiger partial charge in [0, 0.05) is 51.7 Å². The first-order chi connectivity index (χ1) is 14.6. The highest BCUT2D eigenvalue weighted by molar-refractivity contribution is 7.22. The molecule has 2 fully saturated rings. The predicted octanol–water partition coefficient (Wildman–Crippen LogP) is 2.28. The zero-order valence-corrected chi connectivity index (χ0v) is 18.9. The number of anilines is 1. The minimum atomic E-state index is 0.124. The molecule has 2 saturated heterocycles. The van der Waals surface area contributed by atoms with Crippen LogP contribution in [0, 0.1) is 5.92 Å². The number of rotatable bonds is 7. The molecule has 8 heteroatoms. The molecule has 0 saturated carbocycles. The monoisotopic (exact) mass is 431 g/mol. The van der Waals surface area contributed by atoms with Gasteiger partial charge < -0.3 is 24.8 Å². The molecule has 1 aromatic heterocycles. The third-order valence-corrected chi connectivity index (χ3v) is 7.35. The van der Waals surface area contributed by atoms with Crippen molar-refractivity contribution in [2.45, 2.75) is 19.3 Å². The fourth-order valence-electron chi connectivity index (χ4n) is 4.22. The van der Waals surface area contributed by atoms with E-state index in [1.807, 2.05) is 18.2 Å². The second-order valence-electron chi connectivity index (χ2n) is 8.38. The number of ether oxygens (including phenoxy) is 1. The zero-order valence-electron chi connectivity index (χ0n) is 18.1. The molecule has 2 aliphatic heterocycles. The van der Waals surface area contributed by atoms with Crippen LogP contribution in [-0.4, -0.2) is 87.2 Å². The van der Waals surface area contributed by atoms with Gasteiger partial charge in [0.1, 0.15) is 5.75 Å². The smallest absolute Gasteiger partial charge is 0.223 e. The van der Waals surface area contributed by atoms with Gasteiger partial charge in [-0.15, -0.1) is 0 Å². The van der Waals surface area contributed by atoms with Crippen molar-refractivity contribution in [1.29, 1.82) is 0 Å². The SMILES string of the molecule is COc1ccc2nc(N3CCC(C(=O)NCCCN4CCN(C)CC4)CC3)sc2c1. The van der Waals surface area contributed by atoms with Crippen molar-refractivity contribution < 1.29 is 9.53 Å². The van der Waals surface area contributed by atoms with E-state index < -0.39 is 0 Å². The summed E-state index contributed by atoms with van der Waals surface area (Å²) < 4.78 is 6.46. The molecule has 30 heavy (non-hydrogen) atoms. The number of hydrogen-bond acceptors (Lipinski definition) is 7. The number of piperidine rings is 1. The van der Waals surface area contributed by atoms with Crippen molar-refractivity contribution in [3.05, 3.63) is 18.2 Å². The van der Waals surface area contributed by atoms with E-state index in [1.165, 1.54) is 0 Å². The third kappa shape index (κ3) is 5.22. The van der Waals surface area contributed by atoms with Gasteiger partial charge in [0.2, 0.25) is 5.91 Å². The number of benzene rings is 1. The van der Waals surface area contributed by atoms with Crippen molar-refractivity contribution in [3.63, 3.8) is 0 Å². The lowest BCUT2D eigenvalue weighted by Crippen LogP contribution is -2.45. The number of methoxy groups -OCH3 is 1. The Kier molecular flexibility index (Phi) is 7.07. The summed E-state index contributed by atoms with van der Waals surface area (Å²) in [5.41, 5.74) is 1.01. The van der Waals surface area contributed by atoms with Crippen molar-refractivity contribution in [2.75, 3.05) is 71.4 Å². The summed E-state index contributed by atoms with van der Waals surface area (Å²) in [6, 6.07) is 6.00. The van der Waals surface area contributed by atoms with Crippen LogP contribution in [0.5, 0.6) is 5.75 Å². The molecule has 0 bridgehead atoms. The zero-order chi connectivity index (χ0) is 20.9. The lowest BCUT2D eigenvalue weighted by Gasteiger charge is -2.32. The van der Waals surface area contributed by atoms with E-state index in [9.17, 15) is 4.79 Å². The lowest BCUT2D eigenvalue weighted by molar-refractivity contribution is -0.125. The van der Waals surface area contributed by atoms with Crippen LogP contribution in [0.1, 0.15) is 19.3 Å². The van der Waals surface area contributed by atoms with Gasteiger partial charge in [0.05, 0.1) is 17.3 Å². The van der Waals surface area contributed by atoms with Crippen LogP contribution < -0.4 is 15.0 Å². The second-order valence-corrected chi connectivity index (χ2v) is 9.39. The number of fused-ring (bicyclic) bond motifs is 1. The number of carbonyl (C=O) groups excluding carboxylic acids is 1. The van der Waals surface area contributed by atoms with Gasteiger partial charge in [-0.2, -0.15) is 0 Å². The summed E-state index contributed by atoms with van der Waals surface area (Å²) in [5, 5.41) is 4.21. The van der Waals surface area contributed by atoms with Gasteiger partial charge in [-0.3, -0.25) is 4.79 Å². The Morgan fingerprint density at radius 3 is 2.70 bits per heavy atom. The van der Waals surface area contributed by atoms with E-state index in [1.54, 1.807) is 18.4 Å². The Balaban J connectivity index is 1.19. The van der Waals surface area contributed by atoms with Crippen molar-refractivity contribution in [1.82, 2.24) is 20.1 Å². The fourth-order valence-corrected chi connectivity index (χ4v) is 5.26. The van der Waals surface area contributed by atoms with Crippen LogP contribution in [0.25, 0.3) is 10.2 Å². The molecule has 2 aromatic rings. The third-order valence-electron chi connectivity index (χ3n) is 6.27. The van der Waals surface area contributed by atoms with Gasteiger partial charge in [0.15, 0.2) is 5.13 Å². The van der Waals surface area contributed by atoms with Gasteiger partial charge >= 0.3 is 0 Å². The maximum Gasteiger partial charge on any atom is 0.223 e. The predicted molar refractivity (Wildman–Crippen MR) is 123 cm³/mol. The largest absolute Gasteiger partial charge is 0.497 e. The first-order valence-corrected chi connectivity index (χ1v) is 11.8. The molecule has 0 unspecified atom stereocenters. The minimum Gasteiger partial charge on any atom is -0.497 e. The van der Waals surface area contributed by atoms with Crippen LogP contribution >= 0.6 is 11.3 Å². The highest BCUT2D eigenvalue weighted by Gasteiger charge is 2.26. The standard InChI is InChI=1S/C22H33N5O2S/c1-25-12-14-26(15-13-25)9-3-8-23-21(28)17-6-10-27(11-7-17)22-24-19-5-4-18(29-2)16-20(19)30-22/h4-5,16-17H,3,6-15H2,1-2H3,(H,23,28). The molecule has 1 N–H and O–H groups in total. The summed E-state index contributed by atoms with van der Waals surface area (Å²) in [6.45, 7) is 8.20. The Morgan fingerprint density at radius 2 is 1.97 bits per heavy atom. The summed E-state index contributed by atoms with van der Waals surface area (Å²) >= 11 is 1.70. The van der Waals surface area contributed by atoms with Crippen molar-refractivity contribution in [2.24, 2.45) is 5.92 Å². The molecule has 0 radical (unpaired) electrons. The Labute approximate surface area is 183 Å². The highest BCUT2D eigenvalue weighted by Crippen LogP contribution is 2.33. The topological polar surface area (TPSA) is 60.9 Å². The van der Waals surface area contributed by atoms with Gasteiger partial charge in [0.25, 0.3) is 0 Å². The second kappa shape index (κ2) is 9.94. The summed E-state index contributed by atoms with van der Waals surface area (Å²) in [6.07, 6.45) is 2.82. The molecule has 0 spiro atoms. The van der Waals surface area contributed by atoms with Crippen LogP contribution in [0.4, 0.5) is 5.13 Å². The Morgan fingerprint density at radius 1 is 1.20 bits per heavy atom.